The van der Waals surface area contributed by atoms with Crippen molar-refractivity contribution in [1.82, 2.24) is 0 Å². The zero-order chi connectivity index (χ0) is 19.6. The zero-order valence-electron chi connectivity index (χ0n) is 15.5. The van der Waals surface area contributed by atoms with Gasteiger partial charge in [-0.3, -0.25) is 4.79 Å². The van der Waals surface area contributed by atoms with E-state index in [1.165, 1.54) is 0 Å². The van der Waals surface area contributed by atoms with E-state index in [1.54, 1.807) is 0 Å². The number of halogens is 1. The fraction of sp³-hybridized carbons (Fsp3) is 0.208. The van der Waals surface area contributed by atoms with E-state index in [1.807, 2.05) is 77.7 Å². The van der Waals surface area contributed by atoms with Crippen LogP contribution in [-0.4, -0.2) is 12.2 Å². The van der Waals surface area contributed by atoms with Crippen LogP contribution in [0, 0.1) is 0 Å². The van der Waals surface area contributed by atoms with Crippen molar-refractivity contribution in [2.45, 2.75) is 30.8 Å². The van der Waals surface area contributed by atoms with Gasteiger partial charge in [-0.25, -0.2) is 0 Å². The van der Waals surface area contributed by atoms with Gasteiger partial charge < -0.3 is 14.4 Å². The molecular formula is C24H18ClNO3. The number of benzene rings is 3. The first kappa shape index (κ1) is 17.1. The molecule has 3 heterocycles. The summed E-state index contributed by atoms with van der Waals surface area (Å²) in [5.74, 6) is 0.637. The quantitative estimate of drug-likeness (QED) is 0.604. The standard InChI is InChI=1S/C24H18ClNO3/c25-16-10-11-20-19(12-16)24(23(27)26(20)14-15-6-2-1-3-7-15)18-13-22(29-24)28-21-9-5-4-8-17(18)21/h1-12,18,22H,13-14H2/t18-,22+,24-/m0/s1. The first-order valence-corrected chi connectivity index (χ1v) is 10.1. The van der Waals surface area contributed by atoms with Gasteiger partial charge in [0.15, 0.2) is 5.60 Å². The first-order valence-electron chi connectivity index (χ1n) is 9.76. The largest absolute Gasteiger partial charge is 0.465 e. The minimum atomic E-state index is -1.10. The summed E-state index contributed by atoms with van der Waals surface area (Å²) in [4.78, 5) is 15.8. The van der Waals surface area contributed by atoms with E-state index >= 15 is 0 Å². The summed E-state index contributed by atoms with van der Waals surface area (Å²) in [6, 6.07) is 23.5. The molecule has 0 aliphatic carbocycles. The van der Waals surface area contributed by atoms with E-state index < -0.39 is 11.9 Å². The maximum absolute atomic E-state index is 14.0. The lowest BCUT2D eigenvalue weighted by molar-refractivity contribution is -0.157. The van der Waals surface area contributed by atoms with Crippen LogP contribution in [0.3, 0.4) is 0 Å². The molecule has 5 heteroatoms. The Hall–Kier alpha value is -2.82. The molecule has 3 atom stereocenters. The number of carbonyl (C=O) groups excluding carboxylic acids is 1. The highest BCUT2D eigenvalue weighted by atomic mass is 35.5. The van der Waals surface area contributed by atoms with Gasteiger partial charge in [0.1, 0.15) is 5.75 Å². The molecule has 3 aliphatic heterocycles. The van der Waals surface area contributed by atoms with Gasteiger partial charge in [-0.2, -0.15) is 0 Å². The van der Waals surface area contributed by atoms with Crippen molar-refractivity contribution in [2.24, 2.45) is 0 Å². The second-order valence-corrected chi connectivity index (χ2v) is 8.20. The molecule has 1 fully saturated rings. The van der Waals surface area contributed by atoms with Gasteiger partial charge in [0.05, 0.1) is 12.2 Å². The molecule has 1 spiro atoms. The molecule has 144 valence electrons. The van der Waals surface area contributed by atoms with E-state index in [0.29, 0.717) is 18.0 Å². The third-order valence-electron chi connectivity index (χ3n) is 6.18. The summed E-state index contributed by atoms with van der Waals surface area (Å²) < 4.78 is 12.4. The van der Waals surface area contributed by atoms with Crippen molar-refractivity contribution in [3.05, 3.63) is 94.5 Å². The van der Waals surface area contributed by atoms with Gasteiger partial charge in [0, 0.05) is 28.5 Å². The van der Waals surface area contributed by atoms with Crippen LogP contribution in [0.2, 0.25) is 5.02 Å². The Balaban J connectivity index is 1.53. The predicted octanol–water partition coefficient (Wildman–Crippen LogP) is 5.00. The normalized spacial score (nSPS) is 26.4. The Kier molecular flexibility index (Phi) is 3.58. The number of hydrogen-bond acceptors (Lipinski definition) is 3. The van der Waals surface area contributed by atoms with Crippen LogP contribution >= 0.6 is 11.6 Å². The van der Waals surface area contributed by atoms with Crippen LogP contribution in [0.15, 0.2) is 72.8 Å². The summed E-state index contributed by atoms with van der Waals surface area (Å²) in [5.41, 5.74) is 2.66. The van der Waals surface area contributed by atoms with E-state index in [2.05, 4.69) is 0 Å². The second-order valence-electron chi connectivity index (χ2n) is 7.77. The number of ether oxygens (including phenoxy) is 2. The van der Waals surface area contributed by atoms with Crippen molar-refractivity contribution in [3.63, 3.8) is 0 Å². The van der Waals surface area contributed by atoms with Crippen molar-refractivity contribution in [2.75, 3.05) is 4.90 Å². The highest BCUT2D eigenvalue weighted by Gasteiger charge is 2.64. The van der Waals surface area contributed by atoms with E-state index in [-0.39, 0.29) is 11.8 Å². The molecule has 0 radical (unpaired) electrons. The maximum atomic E-state index is 14.0. The Labute approximate surface area is 173 Å². The van der Waals surface area contributed by atoms with Gasteiger partial charge in [-0.15, -0.1) is 0 Å². The lowest BCUT2D eigenvalue weighted by atomic mass is 9.77. The van der Waals surface area contributed by atoms with E-state index in [4.69, 9.17) is 21.1 Å². The smallest absolute Gasteiger partial charge is 0.265 e. The Morgan fingerprint density at radius 1 is 1.03 bits per heavy atom. The van der Waals surface area contributed by atoms with Crippen molar-refractivity contribution in [3.8, 4) is 5.75 Å². The van der Waals surface area contributed by atoms with Crippen LogP contribution in [0.4, 0.5) is 5.69 Å². The molecule has 3 aliphatic rings. The van der Waals surface area contributed by atoms with E-state index in [9.17, 15) is 4.79 Å². The minimum Gasteiger partial charge on any atom is -0.465 e. The number of fused-ring (bicyclic) bond motifs is 7. The molecule has 2 bridgehead atoms. The molecule has 0 saturated carbocycles. The molecule has 4 nitrogen and oxygen atoms in total. The minimum absolute atomic E-state index is 0.0496. The Morgan fingerprint density at radius 2 is 1.83 bits per heavy atom. The van der Waals surface area contributed by atoms with Crippen molar-refractivity contribution >= 4 is 23.2 Å². The maximum Gasteiger partial charge on any atom is 0.265 e. The van der Waals surface area contributed by atoms with Crippen LogP contribution in [0.5, 0.6) is 5.75 Å². The molecule has 1 saturated heterocycles. The van der Waals surface area contributed by atoms with Gasteiger partial charge in [-0.1, -0.05) is 60.1 Å². The van der Waals surface area contributed by atoms with Gasteiger partial charge in [-0.05, 0) is 29.8 Å². The van der Waals surface area contributed by atoms with E-state index in [0.717, 1.165) is 28.1 Å². The molecule has 3 aromatic rings. The third-order valence-corrected chi connectivity index (χ3v) is 6.42. The number of nitrogens with zero attached hydrogens (tertiary/aromatic N) is 1. The Morgan fingerprint density at radius 3 is 2.69 bits per heavy atom. The number of amides is 1. The molecule has 3 aromatic carbocycles. The Bertz CT molecular complexity index is 1130. The predicted molar refractivity (Wildman–Crippen MR) is 110 cm³/mol. The SMILES string of the molecule is O=C1N(Cc2ccccc2)c2ccc(Cl)cc2[C@]12O[C@@H]1C[C@H]2c2ccccc2O1. The fourth-order valence-electron chi connectivity index (χ4n) is 4.97. The van der Waals surface area contributed by atoms with Gasteiger partial charge in [0.25, 0.3) is 5.91 Å². The lowest BCUT2D eigenvalue weighted by Gasteiger charge is -2.29. The monoisotopic (exact) mass is 403 g/mol. The highest BCUT2D eigenvalue weighted by Crippen LogP contribution is 2.60. The molecule has 29 heavy (non-hydrogen) atoms. The highest BCUT2D eigenvalue weighted by molar-refractivity contribution is 6.31. The molecule has 0 unspecified atom stereocenters. The summed E-state index contributed by atoms with van der Waals surface area (Å²) in [6.07, 6.45) is 0.204. The zero-order valence-corrected chi connectivity index (χ0v) is 16.3. The van der Waals surface area contributed by atoms with Gasteiger partial charge >= 0.3 is 0 Å². The van der Waals surface area contributed by atoms with Crippen molar-refractivity contribution in [1.29, 1.82) is 0 Å². The molecular weight excluding hydrogens is 386 g/mol. The number of hydrogen-bond donors (Lipinski definition) is 0. The molecule has 6 rings (SSSR count). The summed E-state index contributed by atoms with van der Waals surface area (Å²) in [6.45, 7) is 0.485. The average molecular weight is 404 g/mol. The summed E-state index contributed by atoms with van der Waals surface area (Å²) >= 11 is 6.37. The van der Waals surface area contributed by atoms with Crippen LogP contribution in [-0.2, 0) is 21.7 Å². The van der Waals surface area contributed by atoms with Crippen molar-refractivity contribution < 1.29 is 14.3 Å². The first-order chi connectivity index (χ1) is 14.2. The number of rotatable bonds is 2. The average Bonchev–Trinajstić information content (AvgIpc) is 3.17. The summed E-state index contributed by atoms with van der Waals surface area (Å²) in [5, 5.41) is 0.594. The topological polar surface area (TPSA) is 38.8 Å². The number of anilines is 1. The molecule has 1 amide bonds. The molecule has 0 N–H and O–H groups in total. The second kappa shape index (κ2) is 6.09. The fourth-order valence-corrected chi connectivity index (χ4v) is 5.14. The number of para-hydroxylation sites is 1. The van der Waals surface area contributed by atoms with Gasteiger partial charge in [0.2, 0.25) is 6.29 Å². The van der Waals surface area contributed by atoms with Crippen LogP contribution < -0.4 is 9.64 Å². The lowest BCUT2D eigenvalue weighted by Crippen LogP contribution is -2.43. The number of carbonyl (C=O) groups is 1. The molecule has 0 aromatic heterocycles. The van der Waals surface area contributed by atoms with Crippen LogP contribution in [0.1, 0.15) is 29.0 Å². The van der Waals surface area contributed by atoms with Crippen LogP contribution in [0.25, 0.3) is 0 Å². The third kappa shape index (κ3) is 2.33. The summed E-state index contributed by atoms with van der Waals surface area (Å²) in [7, 11) is 0.